The summed E-state index contributed by atoms with van der Waals surface area (Å²) in [7, 11) is 0. The SMILES string of the molecule is NC(=O)C1CCN(C(=O)c2ccc(/C=C3/Oc4ccccc4N(Cc4ccccc4F)C3=O)cc2)CC1. The number of primary amides is 1. The van der Waals surface area contributed by atoms with Gasteiger partial charge in [-0.25, -0.2) is 4.39 Å². The second-order valence-corrected chi connectivity index (χ2v) is 9.15. The molecule has 1 saturated heterocycles. The van der Waals surface area contributed by atoms with Gasteiger partial charge in [0.2, 0.25) is 5.91 Å². The highest BCUT2D eigenvalue weighted by Gasteiger charge is 2.31. The molecule has 8 heteroatoms. The third kappa shape index (κ3) is 5.09. The van der Waals surface area contributed by atoms with Crippen molar-refractivity contribution in [2.75, 3.05) is 18.0 Å². The number of rotatable bonds is 5. The Morgan fingerprint density at radius 2 is 1.65 bits per heavy atom. The van der Waals surface area contributed by atoms with Crippen molar-refractivity contribution in [1.82, 2.24) is 4.90 Å². The Balaban J connectivity index is 1.35. The fourth-order valence-electron chi connectivity index (χ4n) is 4.64. The lowest BCUT2D eigenvalue weighted by Crippen LogP contribution is -2.41. The summed E-state index contributed by atoms with van der Waals surface area (Å²) in [5.74, 6) is -0.799. The molecular formula is C29H26FN3O4. The smallest absolute Gasteiger partial charge is 0.294 e. The number of likely N-dealkylation sites (tertiary alicyclic amines) is 1. The van der Waals surface area contributed by atoms with E-state index >= 15 is 0 Å². The maximum Gasteiger partial charge on any atom is 0.294 e. The van der Waals surface area contributed by atoms with Gasteiger partial charge in [0.25, 0.3) is 11.8 Å². The number of hydrogen-bond acceptors (Lipinski definition) is 4. The maximum absolute atomic E-state index is 14.3. The fourth-order valence-corrected chi connectivity index (χ4v) is 4.64. The Hall–Kier alpha value is -4.46. The van der Waals surface area contributed by atoms with Crippen LogP contribution in [0.1, 0.15) is 34.3 Å². The minimum Gasteiger partial charge on any atom is -0.449 e. The molecule has 0 aliphatic carbocycles. The van der Waals surface area contributed by atoms with Crippen molar-refractivity contribution in [3.63, 3.8) is 0 Å². The van der Waals surface area contributed by atoms with E-state index in [2.05, 4.69) is 0 Å². The molecule has 3 aromatic rings. The molecule has 2 aliphatic heterocycles. The van der Waals surface area contributed by atoms with E-state index in [1.54, 1.807) is 77.7 Å². The Morgan fingerprint density at radius 1 is 0.973 bits per heavy atom. The van der Waals surface area contributed by atoms with Gasteiger partial charge in [-0.1, -0.05) is 42.5 Å². The summed E-state index contributed by atoms with van der Waals surface area (Å²) in [4.78, 5) is 40.9. The minimum absolute atomic E-state index is 0.0586. The zero-order valence-corrected chi connectivity index (χ0v) is 20.1. The number of benzene rings is 3. The predicted octanol–water partition coefficient (Wildman–Crippen LogP) is 4.13. The Labute approximate surface area is 213 Å². The first-order valence-corrected chi connectivity index (χ1v) is 12.1. The molecule has 37 heavy (non-hydrogen) atoms. The molecule has 1 fully saturated rings. The van der Waals surface area contributed by atoms with Gasteiger partial charge in [-0.05, 0) is 54.8 Å². The van der Waals surface area contributed by atoms with Crippen molar-refractivity contribution in [1.29, 1.82) is 0 Å². The van der Waals surface area contributed by atoms with Crippen LogP contribution in [0.25, 0.3) is 6.08 Å². The fraction of sp³-hybridized carbons (Fsp3) is 0.207. The second kappa shape index (κ2) is 10.3. The average Bonchev–Trinajstić information content (AvgIpc) is 2.92. The highest BCUT2D eigenvalue weighted by molar-refractivity contribution is 6.09. The summed E-state index contributed by atoms with van der Waals surface area (Å²) in [5.41, 5.74) is 7.54. The van der Waals surface area contributed by atoms with Gasteiger partial charge < -0.3 is 15.4 Å². The highest BCUT2D eigenvalue weighted by Crippen LogP contribution is 2.36. The number of nitrogens with two attached hydrogens (primary N) is 1. The standard InChI is InChI=1S/C29H26FN3O4/c30-23-6-2-1-5-22(23)18-33-24-7-3-4-8-25(24)37-26(29(33)36)17-19-9-11-21(12-10-19)28(35)32-15-13-20(14-16-32)27(31)34/h1-12,17,20H,13-16,18H2,(H2,31,34)/b26-17+. The third-order valence-electron chi connectivity index (χ3n) is 6.76. The number of amides is 3. The zero-order chi connectivity index (χ0) is 25.9. The van der Waals surface area contributed by atoms with Gasteiger partial charge in [0, 0.05) is 30.1 Å². The molecule has 3 aromatic carbocycles. The van der Waals surface area contributed by atoms with Gasteiger partial charge in [0.1, 0.15) is 5.82 Å². The van der Waals surface area contributed by atoms with Gasteiger partial charge in [0.05, 0.1) is 12.2 Å². The van der Waals surface area contributed by atoms with Crippen LogP contribution in [0.2, 0.25) is 0 Å². The van der Waals surface area contributed by atoms with E-state index < -0.39 is 0 Å². The number of carbonyl (C=O) groups is 3. The van der Waals surface area contributed by atoms with Crippen LogP contribution in [0, 0.1) is 11.7 Å². The van der Waals surface area contributed by atoms with Gasteiger partial charge >= 0.3 is 0 Å². The third-order valence-corrected chi connectivity index (χ3v) is 6.76. The number of hydrogen-bond donors (Lipinski definition) is 1. The summed E-state index contributed by atoms with van der Waals surface area (Å²) in [5, 5.41) is 0. The van der Waals surface area contributed by atoms with E-state index in [9.17, 15) is 18.8 Å². The quantitative estimate of drug-likeness (QED) is 0.535. The number of anilines is 1. The molecule has 2 aliphatic rings. The molecule has 188 valence electrons. The first-order valence-electron chi connectivity index (χ1n) is 12.1. The monoisotopic (exact) mass is 499 g/mol. The summed E-state index contributed by atoms with van der Waals surface area (Å²) in [6.45, 7) is 1.03. The summed E-state index contributed by atoms with van der Waals surface area (Å²) in [6.07, 6.45) is 2.74. The van der Waals surface area contributed by atoms with Gasteiger partial charge in [0.15, 0.2) is 11.5 Å². The predicted molar refractivity (Wildman–Crippen MR) is 137 cm³/mol. The first kappa shape index (κ1) is 24.2. The molecule has 2 N–H and O–H groups in total. The molecule has 2 heterocycles. The van der Waals surface area contributed by atoms with Crippen LogP contribution in [-0.2, 0) is 16.1 Å². The number of halogens is 1. The number of nitrogens with zero attached hydrogens (tertiary/aromatic N) is 2. The second-order valence-electron chi connectivity index (χ2n) is 9.15. The van der Waals surface area contributed by atoms with Crippen molar-refractivity contribution in [3.05, 3.63) is 101 Å². The van der Waals surface area contributed by atoms with Gasteiger partial charge in [-0.2, -0.15) is 0 Å². The van der Waals surface area contributed by atoms with Crippen LogP contribution in [0.4, 0.5) is 10.1 Å². The van der Waals surface area contributed by atoms with E-state index in [-0.39, 0.29) is 41.8 Å². The molecule has 0 saturated carbocycles. The number of ether oxygens (including phenoxy) is 1. The molecule has 0 spiro atoms. The largest absolute Gasteiger partial charge is 0.449 e. The van der Waals surface area contributed by atoms with Crippen LogP contribution in [0.3, 0.4) is 0 Å². The van der Waals surface area contributed by atoms with E-state index in [0.717, 1.165) is 0 Å². The Kier molecular flexibility index (Phi) is 6.72. The van der Waals surface area contributed by atoms with Crippen LogP contribution >= 0.6 is 0 Å². The normalized spacial score (nSPS) is 16.9. The molecule has 7 nitrogen and oxygen atoms in total. The van der Waals surface area contributed by atoms with Crippen LogP contribution in [0.5, 0.6) is 5.75 Å². The molecule has 0 radical (unpaired) electrons. The molecule has 5 rings (SSSR count). The number of carbonyl (C=O) groups excluding carboxylic acids is 3. The first-order chi connectivity index (χ1) is 17.9. The van der Waals surface area contributed by atoms with Crippen LogP contribution in [0.15, 0.2) is 78.6 Å². The maximum atomic E-state index is 14.3. The van der Waals surface area contributed by atoms with Crippen molar-refractivity contribution >= 4 is 29.5 Å². The summed E-state index contributed by atoms with van der Waals surface area (Å²) < 4.78 is 20.3. The van der Waals surface area contributed by atoms with E-state index in [4.69, 9.17) is 10.5 Å². The molecule has 0 aromatic heterocycles. The zero-order valence-electron chi connectivity index (χ0n) is 20.1. The van der Waals surface area contributed by atoms with Crippen molar-refractivity contribution in [2.45, 2.75) is 19.4 Å². The lowest BCUT2D eigenvalue weighted by atomic mass is 9.96. The van der Waals surface area contributed by atoms with Crippen molar-refractivity contribution < 1.29 is 23.5 Å². The summed E-state index contributed by atoms with van der Waals surface area (Å²) in [6, 6.07) is 20.4. The van der Waals surface area contributed by atoms with E-state index in [1.807, 2.05) is 0 Å². The van der Waals surface area contributed by atoms with Gasteiger partial charge in [-0.15, -0.1) is 0 Å². The van der Waals surface area contributed by atoms with Crippen LogP contribution in [-0.4, -0.2) is 35.7 Å². The molecule has 0 unspecified atom stereocenters. The summed E-state index contributed by atoms with van der Waals surface area (Å²) >= 11 is 0. The lowest BCUT2D eigenvalue weighted by Gasteiger charge is -2.31. The van der Waals surface area contributed by atoms with Crippen molar-refractivity contribution in [3.8, 4) is 5.75 Å². The van der Waals surface area contributed by atoms with Crippen molar-refractivity contribution in [2.24, 2.45) is 11.7 Å². The highest BCUT2D eigenvalue weighted by atomic mass is 19.1. The molecule has 0 atom stereocenters. The van der Waals surface area contributed by atoms with Gasteiger partial charge in [-0.3, -0.25) is 19.3 Å². The van der Waals surface area contributed by atoms with Crippen LogP contribution < -0.4 is 15.4 Å². The number of piperidine rings is 1. The topological polar surface area (TPSA) is 92.9 Å². The number of para-hydroxylation sites is 2. The van der Waals surface area contributed by atoms with E-state index in [1.165, 1.54) is 11.0 Å². The van der Waals surface area contributed by atoms with E-state index in [0.29, 0.717) is 54.1 Å². The Morgan fingerprint density at radius 3 is 2.35 bits per heavy atom. The number of fused-ring (bicyclic) bond motifs is 1. The minimum atomic E-state index is -0.389. The average molecular weight is 500 g/mol. The lowest BCUT2D eigenvalue weighted by molar-refractivity contribution is -0.123. The Bertz CT molecular complexity index is 1380. The molecular weight excluding hydrogens is 473 g/mol. The molecule has 3 amide bonds. The molecule has 0 bridgehead atoms.